The molecule has 9 heteroatoms. The van der Waals surface area contributed by atoms with Crippen LogP contribution in [0, 0.1) is 17.6 Å². The van der Waals surface area contributed by atoms with E-state index < -0.39 is 17.6 Å². The number of aromatic amines is 1. The average Bonchev–Trinajstić information content (AvgIpc) is 3.00. The SMILES string of the molecule is CN(C)CC1CNC2C(c3ccc(=O)[nH]n3)C(c3ccc(F)cc3F)=NN2C1. The van der Waals surface area contributed by atoms with Gasteiger partial charge in [0.25, 0.3) is 5.56 Å². The highest BCUT2D eigenvalue weighted by Gasteiger charge is 2.43. The molecule has 1 aromatic carbocycles. The first-order valence-corrected chi connectivity index (χ1v) is 9.16. The zero-order chi connectivity index (χ0) is 19.8. The van der Waals surface area contributed by atoms with Crippen molar-refractivity contribution in [3.05, 3.63) is 63.6 Å². The molecule has 0 saturated carbocycles. The highest BCUT2D eigenvalue weighted by atomic mass is 19.1. The summed E-state index contributed by atoms with van der Waals surface area (Å²) in [4.78, 5) is 13.5. The number of hydrogen-bond acceptors (Lipinski definition) is 6. The van der Waals surface area contributed by atoms with Gasteiger partial charge >= 0.3 is 0 Å². The minimum Gasteiger partial charge on any atom is -0.309 e. The first-order valence-electron chi connectivity index (χ1n) is 9.16. The maximum Gasteiger partial charge on any atom is 0.264 e. The maximum absolute atomic E-state index is 14.5. The summed E-state index contributed by atoms with van der Waals surface area (Å²) < 4.78 is 27.9. The predicted molar refractivity (Wildman–Crippen MR) is 101 cm³/mol. The van der Waals surface area contributed by atoms with Crippen molar-refractivity contribution in [2.45, 2.75) is 12.1 Å². The van der Waals surface area contributed by atoms with E-state index in [1.807, 2.05) is 19.1 Å². The van der Waals surface area contributed by atoms with Crippen molar-refractivity contribution in [3.8, 4) is 0 Å². The summed E-state index contributed by atoms with van der Waals surface area (Å²) in [6.45, 7) is 2.39. The number of nitrogens with zero attached hydrogens (tertiary/aromatic N) is 4. The van der Waals surface area contributed by atoms with Crippen LogP contribution in [0.25, 0.3) is 0 Å². The molecule has 28 heavy (non-hydrogen) atoms. The number of H-pyrrole nitrogens is 1. The van der Waals surface area contributed by atoms with Crippen LogP contribution >= 0.6 is 0 Å². The van der Waals surface area contributed by atoms with E-state index in [0.29, 0.717) is 23.9 Å². The number of hydrogen-bond donors (Lipinski definition) is 2. The van der Waals surface area contributed by atoms with Gasteiger partial charge in [0, 0.05) is 43.2 Å². The van der Waals surface area contributed by atoms with Crippen molar-refractivity contribution < 1.29 is 8.78 Å². The Kier molecular flexibility index (Phi) is 4.94. The fourth-order valence-corrected chi connectivity index (χ4v) is 3.97. The fraction of sp³-hybridized carbons (Fsp3) is 0.421. The van der Waals surface area contributed by atoms with Crippen LogP contribution in [-0.2, 0) is 0 Å². The molecule has 3 unspecified atom stereocenters. The molecule has 2 aromatic rings. The van der Waals surface area contributed by atoms with Gasteiger partial charge in [0.2, 0.25) is 0 Å². The molecular formula is C19H22F2N6O. The number of benzene rings is 1. The smallest absolute Gasteiger partial charge is 0.264 e. The number of halogens is 2. The molecule has 2 aliphatic heterocycles. The van der Waals surface area contributed by atoms with Crippen LogP contribution in [0.3, 0.4) is 0 Å². The van der Waals surface area contributed by atoms with Crippen molar-refractivity contribution >= 4 is 5.71 Å². The van der Waals surface area contributed by atoms with Gasteiger partial charge in [-0.3, -0.25) is 15.1 Å². The Balaban J connectivity index is 1.73. The second-order valence-corrected chi connectivity index (χ2v) is 7.54. The van der Waals surface area contributed by atoms with E-state index >= 15 is 0 Å². The summed E-state index contributed by atoms with van der Waals surface area (Å²) in [7, 11) is 4.04. The second kappa shape index (κ2) is 7.40. The molecule has 4 rings (SSSR count). The minimum atomic E-state index is -0.669. The molecule has 1 fully saturated rings. The third kappa shape index (κ3) is 3.55. The standard InChI is InChI=1S/C19H22F2N6O/c1-26(2)9-11-8-22-19-17(15-5-6-16(28)24-23-15)18(25-27(19)10-11)13-4-3-12(20)7-14(13)21/h3-7,11,17,19,22H,8-10H2,1-2H3,(H,24,28). The van der Waals surface area contributed by atoms with Crippen LogP contribution in [0.15, 0.2) is 40.2 Å². The van der Waals surface area contributed by atoms with Gasteiger partial charge in [0.05, 0.1) is 17.3 Å². The van der Waals surface area contributed by atoms with E-state index in [1.165, 1.54) is 18.2 Å². The van der Waals surface area contributed by atoms with Crippen molar-refractivity contribution in [2.75, 3.05) is 33.7 Å². The molecule has 2 aliphatic rings. The summed E-state index contributed by atoms with van der Waals surface area (Å²) in [6.07, 6.45) is -0.212. The van der Waals surface area contributed by atoms with E-state index in [0.717, 1.165) is 19.2 Å². The average molecular weight is 388 g/mol. The largest absolute Gasteiger partial charge is 0.309 e. The molecule has 0 spiro atoms. The zero-order valence-corrected chi connectivity index (χ0v) is 15.7. The van der Waals surface area contributed by atoms with Crippen LogP contribution in [0.5, 0.6) is 0 Å². The lowest BCUT2D eigenvalue weighted by atomic mass is 9.90. The lowest BCUT2D eigenvalue weighted by Crippen LogP contribution is -2.55. The normalized spacial score (nSPS) is 24.4. The molecule has 0 radical (unpaired) electrons. The molecule has 148 valence electrons. The number of hydrazone groups is 1. The van der Waals surface area contributed by atoms with Gasteiger partial charge in [-0.15, -0.1) is 0 Å². The van der Waals surface area contributed by atoms with Gasteiger partial charge in [-0.25, -0.2) is 13.9 Å². The van der Waals surface area contributed by atoms with Crippen molar-refractivity contribution in [3.63, 3.8) is 0 Å². The van der Waals surface area contributed by atoms with Gasteiger partial charge in [0.15, 0.2) is 0 Å². The van der Waals surface area contributed by atoms with E-state index in [2.05, 4.69) is 25.5 Å². The predicted octanol–water partition coefficient (Wildman–Crippen LogP) is 0.959. The lowest BCUT2D eigenvalue weighted by Gasteiger charge is -2.38. The van der Waals surface area contributed by atoms with Crippen LogP contribution in [0.2, 0.25) is 0 Å². The third-order valence-corrected chi connectivity index (χ3v) is 5.08. The number of fused-ring (bicyclic) bond motifs is 1. The summed E-state index contributed by atoms with van der Waals surface area (Å²) in [5.41, 5.74) is 0.973. The highest BCUT2D eigenvalue weighted by molar-refractivity contribution is 6.06. The van der Waals surface area contributed by atoms with Crippen LogP contribution in [0.1, 0.15) is 17.2 Å². The van der Waals surface area contributed by atoms with Crippen LogP contribution < -0.4 is 10.9 Å². The molecule has 7 nitrogen and oxygen atoms in total. The summed E-state index contributed by atoms with van der Waals surface area (Å²) >= 11 is 0. The van der Waals surface area contributed by atoms with E-state index in [4.69, 9.17) is 0 Å². The van der Waals surface area contributed by atoms with Gasteiger partial charge in [-0.2, -0.15) is 10.2 Å². The molecule has 0 amide bonds. The van der Waals surface area contributed by atoms with Crippen LogP contribution in [-0.4, -0.2) is 65.7 Å². The van der Waals surface area contributed by atoms with E-state index in [9.17, 15) is 13.6 Å². The fourth-order valence-electron chi connectivity index (χ4n) is 3.97. The Hall–Kier alpha value is -2.65. The Bertz CT molecular complexity index is 939. The summed E-state index contributed by atoms with van der Waals surface area (Å²) in [5.74, 6) is -1.34. The van der Waals surface area contributed by atoms with Gasteiger partial charge in [-0.1, -0.05) is 0 Å². The molecule has 1 aromatic heterocycles. The van der Waals surface area contributed by atoms with Crippen molar-refractivity contribution in [2.24, 2.45) is 11.0 Å². The minimum absolute atomic E-state index is 0.212. The molecule has 3 atom stereocenters. The number of aromatic nitrogens is 2. The summed E-state index contributed by atoms with van der Waals surface area (Å²) in [5, 5.41) is 16.7. The molecule has 0 bridgehead atoms. The first-order chi connectivity index (χ1) is 13.4. The van der Waals surface area contributed by atoms with E-state index in [-0.39, 0.29) is 17.3 Å². The maximum atomic E-state index is 14.5. The highest BCUT2D eigenvalue weighted by Crippen LogP contribution is 2.34. The molecule has 3 heterocycles. The van der Waals surface area contributed by atoms with Gasteiger partial charge in [-0.05, 0) is 32.3 Å². The lowest BCUT2D eigenvalue weighted by molar-refractivity contribution is 0.0955. The molecule has 2 N–H and O–H groups in total. The second-order valence-electron chi connectivity index (χ2n) is 7.54. The Morgan fingerprint density at radius 3 is 2.75 bits per heavy atom. The molecular weight excluding hydrogens is 366 g/mol. The topological polar surface area (TPSA) is 76.6 Å². The summed E-state index contributed by atoms with van der Waals surface area (Å²) in [6, 6.07) is 6.49. The van der Waals surface area contributed by atoms with Crippen molar-refractivity contribution in [1.29, 1.82) is 0 Å². The number of nitrogens with one attached hydrogen (secondary N) is 2. The monoisotopic (exact) mass is 388 g/mol. The quantitative estimate of drug-likeness (QED) is 0.816. The Morgan fingerprint density at radius 2 is 2.07 bits per heavy atom. The van der Waals surface area contributed by atoms with Gasteiger partial charge in [0.1, 0.15) is 17.8 Å². The Morgan fingerprint density at radius 1 is 1.25 bits per heavy atom. The van der Waals surface area contributed by atoms with Gasteiger partial charge < -0.3 is 4.90 Å². The molecule has 1 saturated heterocycles. The third-order valence-electron chi connectivity index (χ3n) is 5.08. The molecule has 0 aliphatic carbocycles. The van der Waals surface area contributed by atoms with E-state index in [1.54, 1.807) is 6.07 Å². The van der Waals surface area contributed by atoms with Crippen molar-refractivity contribution in [1.82, 2.24) is 25.4 Å². The van der Waals surface area contributed by atoms with Crippen LogP contribution in [0.4, 0.5) is 8.78 Å². The zero-order valence-electron chi connectivity index (χ0n) is 15.7. The first kappa shape index (κ1) is 18.7. The number of rotatable bonds is 4. The Labute approximate surface area is 161 Å².